The molecule has 0 amide bonds. The summed E-state index contributed by atoms with van der Waals surface area (Å²) in [5, 5.41) is 11.5. The standard InChI is InChI=1S/C11H24N3O4P/c1-14(2,3)8-9-18-19(17)13-10(11(15)16)6-4-5-7-12/h10H,4-9,12H2,1-3H3/p+2/t10-/m0/s1. The SMILES string of the molecule is C[N+](C)(C)CCO[P+](=O)N[C@@H](CCCCN)C(=O)O. The van der Waals surface area contributed by atoms with E-state index in [1.807, 2.05) is 21.1 Å². The Kier molecular flexibility index (Phi) is 9.05. The Morgan fingerprint density at radius 2 is 2.05 bits per heavy atom. The number of aliphatic carboxylic acids is 1. The van der Waals surface area contributed by atoms with Gasteiger partial charge in [0, 0.05) is 0 Å². The number of carboxylic acid groups (broad SMARTS) is 1. The molecule has 0 heterocycles. The molecule has 7 nitrogen and oxygen atoms in total. The third-order valence-corrected chi connectivity index (χ3v) is 3.42. The van der Waals surface area contributed by atoms with E-state index in [2.05, 4.69) is 5.09 Å². The van der Waals surface area contributed by atoms with Crippen LogP contribution in [0, 0.1) is 0 Å². The van der Waals surface area contributed by atoms with Crippen LogP contribution in [0.25, 0.3) is 0 Å². The van der Waals surface area contributed by atoms with Gasteiger partial charge in [0.1, 0.15) is 6.54 Å². The van der Waals surface area contributed by atoms with Crippen LogP contribution in [0.4, 0.5) is 0 Å². The monoisotopic (exact) mass is 295 g/mol. The average molecular weight is 295 g/mol. The van der Waals surface area contributed by atoms with Crippen LogP contribution in [0.5, 0.6) is 0 Å². The molecular weight excluding hydrogens is 269 g/mol. The van der Waals surface area contributed by atoms with Gasteiger partial charge in [-0.3, -0.25) is 4.79 Å². The molecule has 19 heavy (non-hydrogen) atoms. The normalized spacial score (nSPS) is 14.2. The molecule has 0 fully saturated rings. The van der Waals surface area contributed by atoms with Crippen LogP contribution in [-0.2, 0) is 13.9 Å². The molecule has 0 aromatic carbocycles. The number of rotatable bonds is 11. The third kappa shape index (κ3) is 11.0. The van der Waals surface area contributed by atoms with Crippen molar-refractivity contribution in [2.75, 3.05) is 40.8 Å². The highest BCUT2D eigenvalue weighted by atomic mass is 31.1. The molecular formula is C11H26N3O4P+2. The van der Waals surface area contributed by atoms with E-state index >= 15 is 0 Å². The van der Waals surface area contributed by atoms with Crippen LogP contribution in [0.3, 0.4) is 0 Å². The molecule has 1 unspecified atom stereocenters. The van der Waals surface area contributed by atoms with Gasteiger partial charge in [-0.2, -0.15) is 0 Å². The third-order valence-electron chi connectivity index (χ3n) is 2.48. The number of nitrogens with one attached hydrogen (secondary N) is 1. The Morgan fingerprint density at radius 3 is 2.53 bits per heavy atom. The second-order valence-corrected chi connectivity index (χ2v) is 6.44. The van der Waals surface area contributed by atoms with E-state index < -0.39 is 20.2 Å². The fourth-order valence-electron chi connectivity index (χ4n) is 1.30. The molecule has 2 atom stereocenters. The predicted molar refractivity (Wildman–Crippen MR) is 73.9 cm³/mol. The second-order valence-electron chi connectivity index (χ2n) is 5.41. The molecule has 0 bridgehead atoms. The van der Waals surface area contributed by atoms with Gasteiger partial charge in [0.15, 0.2) is 12.6 Å². The highest BCUT2D eigenvalue weighted by molar-refractivity contribution is 7.36. The number of carboxylic acids is 1. The molecule has 0 aromatic rings. The van der Waals surface area contributed by atoms with E-state index in [9.17, 15) is 9.36 Å². The van der Waals surface area contributed by atoms with Gasteiger partial charge in [0.2, 0.25) is 0 Å². The van der Waals surface area contributed by atoms with Gasteiger partial charge in [0.25, 0.3) is 0 Å². The van der Waals surface area contributed by atoms with Crippen molar-refractivity contribution in [2.24, 2.45) is 5.73 Å². The largest absolute Gasteiger partial charge is 0.614 e. The zero-order chi connectivity index (χ0) is 14.9. The van der Waals surface area contributed by atoms with Crippen LogP contribution in [0.1, 0.15) is 19.3 Å². The lowest BCUT2D eigenvalue weighted by molar-refractivity contribution is -0.870. The molecule has 0 rings (SSSR count). The Morgan fingerprint density at radius 1 is 1.42 bits per heavy atom. The van der Waals surface area contributed by atoms with Gasteiger partial charge in [-0.15, -0.1) is 4.52 Å². The molecule has 8 heteroatoms. The number of nitrogens with zero attached hydrogens (tertiary/aromatic N) is 1. The van der Waals surface area contributed by atoms with Crippen molar-refractivity contribution >= 4 is 14.1 Å². The van der Waals surface area contributed by atoms with E-state index in [0.29, 0.717) is 37.0 Å². The lowest BCUT2D eigenvalue weighted by atomic mass is 10.1. The zero-order valence-corrected chi connectivity index (χ0v) is 12.9. The average Bonchev–Trinajstić information content (AvgIpc) is 2.26. The number of hydrogen-bond acceptors (Lipinski definition) is 4. The lowest BCUT2D eigenvalue weighted by Crippen LogP contribution is -2.37. The first kappa shape index (κ1) is 18.4. The highest BCUT2D eigenvalue weighted by Crippen LogP contribution is 2.19. The van der Waals surface area contributed by atoms with Crippen molar-refractivity contribution in [2.45, 2.75) is 25.3 Å². The summed E-state index contributed by atoms with van der Waals surface area (Å²) in [5.74, 6) is -1.02. The zero-order valence-electron chi connectivity index (χ0n) is 12.0. The molecule has 0 aliphatic rings. The number of quaternary nitrogens is 1. The number of nitrogens with two attached hydrogens (primary N) is 1. The summed E-state index contributed by atoms with van der Waals surface area (Å²) in [5.41, 5.74) is 5.35. The minimum absolute atomic E-state index is 0.320. The van der Waals surface area contributed by atoms with Crippen molar-refractivity contribution in [1.29, 1.82) is 0 Å². The quantitative estimate of drug-likeness (QED) is 0.292. The number of carbonyl (C=O) groups is 1. The first-order chi connectivity index (χ1) is 8.76. The summed E-state index contributed by atoms with van der Waals surface area (Å²) in [6.07, 6.45) is 1.83. The van der Waals surface area contributed by atoms with Gasteiger partial charge in [-0.1, -0.05) is 5.09 Å². The maximum Gasteiger partial charge on any atom is 0.614 e. The molecule has 0 saturated heterocycles. The summed E-state index contributed by atoms with van der Waals surface area (Å²) >= 11 is 0. The molecule has 4 N–H and O–H groups in total. The van der Waals surface area contributed by atoms with Crippen molar-refractivity contribution in [1.82, 2.24) is 5.09 Å². The molecule has 0 aliphatic heterocycles. The summed E-state index contributed by atoms with van der Waals surface area (Å²) in [6, 6.07) is -0.848. The van der Waals surface area contributed by atoms with Gasteiger partial charge >= 0.3 is 14.1 Å². The molecule has 0 spiro atoms. The van der Waals surface area contributed by atoms with Crippen LogP contribution >= 0.6 is 8.18 Å². The van der Waals surface area contributed by atoms with Gasteiger partial charge in [-0.05, 0) is 30.4 Å². The number of likely N-dealkylation sites (N-methyl/N-ethyl adjacent to an activating group) is 1. The topological polar surface area (TPSA) is 102 Å². The molecule has 0 aromatic heterocycles. The Labute approximate surface area is 115 Å². The minimum atomic E-state index is -2.15. The van der Waals surface area contributed by atoms with E-state index in [-0.39, 0.29) is 0 Å². The van der Waals surface area contributed by atoms with Crippen LogP contribution < -0.4 is 10.8 Å². The molecule has 112 valence electrons. The fraction of sp³-hybridized carbons (Fsp3) is 0.909. The summed E-state index contributed by atoms with van der Waals surface area (Å²) in [6.45, 7) is 1.55. The van der Waals surface area contributed by atoms with Crippen molar-refractivity contribution in [3.05, 3.63) is 0 Å². The van der Waals surface area contributed by atoms with E-state index in [4.69, 9.17) is 15.4 Å². The molecule has 0 radical (unpaired) electrons. The number of unbranched alkanes of at least 4 members (excludes halogenated alkanes) is 1. The van der Waals surface area contributed by atoms with Crippen molar-refractivity contribution in [3.8, 4) is 0 Å². The second kappa shape index (κ2) is 9.34. The van der Waals surface area contributed by atoms with Gasteiger partial charge < -0.3 is 15.3 Å². The summed E-state index contributed by atoms with van der Waals surface area (Å²) < 4.78 is 17.4. The van der Waals surface area contributed by atoms with E-state index in [0.717, 1.165) is 6.42 Å². The first-order valence-corrected chi connectivity index (χ1v) is 7.53. The maximum atomic E-state index is 11.6. The summed E-state index contributed by atoms with van der Waals surface area (Å²) in [4.78, 5) is 11.0. The van der Waals surface area contributed by atoms with Gasteiger partial charge in [-0.25, -0.2) is 0 Å². The number of hydrogen-bond donors (Lipinski definition) is 3. The predicted octanol–water partition coefficient (Wildman–Crippen LogP) is 0.538. The van der Waals surface area contributed by atoms with Crippen LogP contribution in [-0.4, -0.2) is 62.4 Å². The Hall–Kier alpha value is -0.590. The van der Waals surface area contributed by atoms with Crippen LogP contribution in [0.15, 0.2) is 0 Å². The summed E-state index contributed by atoms with van der Waals surface area (Å²) in [7, 11) is 3.84. The maximum absolute atomic E-state index is 11.6. The highest BCUT2D eigenvalue weighted by Gasteiger charge is 2.29. The van der Waals surface area contributed by atoms with E-state index in [1.54, 1.807) is 0 Å². The smallest absolute Gasteiger partial charge is 0.480 e. The van der Waals surface area contributed by atoms with E-state index in [1.165, 1.54) is 0 Å². The fourth-order valence-corrected chi connectivity index (χ4v) is 2.11. The lowest BCUT2D eigenvalue weighted by Gasteiger charge is -2.21. The Bertz CT molecular complexity index is 294. The Balaban J connectivity index is 4.00. The van der Waals surface area contributed by atoms with Crippen molar-refractivity contribution in [3.63, 3.8) is 0 Å². The minimum Gasteiger partial charge on any atom is -0.480 e. The first-order valence-electron chi connectivity index (χ1n) is 6.36. The molecule has 0 saturated carbocycles. The van der Waals surface area contributed by atoms with Crippen LogP contribution in [0.2, 0.25) is 0 Å². The van der Waals surface area contributed by atoms with Gasteiger partial charge in [0.05, 0.1) is 21.1 Å². The molecule has 0 aliphatic carbocycles. The van der Waals surface area contributed by atoms with Crippen molar-refractivity contribution < 1.29 is 23.5 Å².